The molecule has 9 aromatic carbocycles. The third-order valence-corrected chi connectivity index (χ3v) is 17.7. The van der Waals surface area contributed by atoms with Crippen molar-refractivity contribution in [3.8, 4) is 44.5 Å². The molecular weight excluding hydrogens is 904 g/mol. The first-order valence-electron chi connectivity index (χ1n) is 27.4. The lowest BCUT2D eigenvalue weighted by Gasteiger charge is -2.45. The van der Waals surface area contributed by atoms with Gasteiger partial charge in [-0.05, 0) is 165 Å². The zero-order valence-corrected chi connectivity index (χ0v) is 46.3. The molecule has 13 rings (SSSR count). The molecule has 0 saturated heterocycles. The Balaban J connectivity index is 1.07. The highest BCUT2D eigenvalue weighted by Crippen LogP contribution is 2.55. The van der Waals surface area contributed by atoms with E-state index in [2.05, 4.69) is 282 Å². The number of hydrogen-bond acceptors (Lipinski definition) is 2. The fourth-order valence-electron chi connectivity index (χ4n) is 13.7. The van der Waals surface area contributed by atoms with Crippen LogP contribution >= 0.6 is 0 Å². The first kappa shape index (κ1) is 47.4. The highest BCUT2D eigenvalue weighted by molar-refractivity contribution is 7.00. The summed E-state index contributed by atoms with van der Waals surface area (Å²) in [6.07, 6.45) is 0. The van der Waals surface area contributed by atoms with Crippen LogP contribution in [0.5, 0.6) is 0 Å². The van der Waals surface area contributed by atoms with Gasteiger partial charge < -0.3 is 9.80 Å². The molecule has 9 aromatic rings. The number of rotatable bonds is 4. The molecule has 2 aliphatic heterocycles. The van der Waals surface area contributed by atoms with Crippen LogP contribution in [-0.4, -0.2) is 6.71 Å². The quantitative estimate of drug-likeness (QED) is 0.162. The van der Waals surface area contributed by atoms with Crippen LogP contribution in [0.1, 0.15) is 129 Å². The van der Waals surface area contributed by atoms with Crippen molar-refractivity contribution in [1.82, 2.24) is 0 Å². The normalized spacial score (nSPS) is 15.4. The van der Waals surface area contributed by atoms with Crippen molar-refractivity contribution < 1.29 is 0 Å². The van der Waals surface area contributed by atoms with Gasteiger partial charge in [0.05, 0.1) is 0 Å². The molecule has 0 unspecified atom stereocenters. The van der Waals surface area contributed by atoms with Crippen molar-refractivity contribution in [3.05, 3.63) is 221 Å². The molecule has 0 fully saturated rings. The van der Waals surface area contributed by atoms with Crippen molar-refractivity contribution >= 4 is 57.2 Å². The van der Waals surface area contributed by atoms with Gasteiger partial charge in [-0.2, -0.15) is 0 Å². The maximum Gasteiger partial charge on any atom is 0.252 e. The van der Waals surface area contributed by atoms with Crippen LogP contribution in [0.15, 0.2) is 182 Å². The second-order valence-electron chi connectivity index (χ2n) is 26.2. The number of anilines is 6. The predicted molar refractivity (Wildman–Crippen MR) is 323 cm³/mol. The Morgan fingerprint density at radius 3 is 1.24 bits per heavy atom. The Hall–Kier alpha value is -7.36. The highest BCUT2D eigenvalue weighted by atomic mass is 15.2. The Labute approximate surface area is 447 Å². The molecule has 0 radical (unpaired) electrons. The van der Waals surface area contributed by atoms with E-state index in [1.165, 1.54) is 128 Å². The van der Waals surface area contributed by atoms with Gasteiger partial charge in [-0.3, -0.25) is 0 Å². The molecule has 75 heavy (non-hydrogen) atoms. The summed E-state index contributed by atoms with van der Waals surface area (Å²) in [6.45, 7) is 30.7. The third-order valence-electron chi connectivity index (χ3n) is 17.7. The fraction of sp³-hybridized carbons (Fsp3) is 0.250. The highest BCUT2D eigenvalue weighted by Gasteiger charge is 2.46. The fourth-order valence-corrected chi connectivity index (χ4v) is 13.7. The molecule has 0 bridgehead atoms. The van der Waals surface area contributed by atoms with Crippen LogP contribution in [-0.2, 0) is 27.1 Å². The molecule has 2 nitrogen and oxygen atoms in total. The van der Waals surface area contributed by atoms with Crippen molar-refractivity contribution in [1.29, 1.82) is 0 Å². The lowest BCUT2D eigenvalue weighted by Crippen LogP contribution is -2.61. The van der Waals surface area contributed by atoms with Crippen molar-refractivity contribution in [3.63, 3.8) is 0 Å². The van der Waals surface area contributed by atoms with Gasteiger partial charge in [-0.25, -0.2) is 0 Å². The maximum absolute atomic E-state index is 2.61. The van der Waals surface area contributed by atoms with Gasteiger partial charge in [0.15, 0.2) is 0 Å². The Morgan fingerprint density at radius 2 is 0.733 bits per heavy atom. The van der Waals surface area contributed by atoms with Crippen LogP contribution in [0, 0.1) is 0 Å². The minimum Gasteiger partial charge on any atom is -0.311 e. The second kappa shape index (κ2) is 16.1. The van der Waals surface area contributed by atoms with Crippen LogP contribution < -0.4 is 26.2 Å². The molecule has 0 saturated carbocycles. The topological polar surface area (TPSA) is 6.48 Å². The monoisotopic (exact) mass is 973 g/mol. The minimum atomic E-state index is -0.158. The molecular formula is C72H69BN2. The van der Waals surface area contributed by atoms with E-state index >= 15 is 0 Å². The first-order chi connectivity index (χ1) is 35.6. The SMILES string of the molecule is CC(C)(C)c1ccc(N2c3ccc(C(C)(C)C)cc3B3c4cc(-c5cccc6c5C(C)(C)c5ccccc5-6)ccc4N(c4ccc(-c5cccc6c5C(C)(C)c5ccccc5-6)cc4)c4cc(C(C)(C)C)cc2c43)cc1. The molecule has 2 aliphatic carbocycles. The lowest BCUT2D eigenvalue weighted by atomic mass is 9.33. The van der Waals surface area contributed by atoms with Crippen LogP contribution in [0.3, 0.4) is 0 Å². The van der Waals surface area contributed by atoms with Gasteiger partial charge in [0.25, 0.3) is 6.71 Å². The summed E-state index contributed by atoms with van der Waals surface area (Å²) in [5.74, 6) is 0. The summed E-state index contributed by atoms with van der Waals surface area (Å²) in [6, 6.07) is 70.7. The molecule has 3 heteroatoms. The second-order valence-corrected chi connectivity index (χ2v) is 26.2. The third kappa shape index (κ3) is 7.06. The number of fused-ring (bicyclic) bond motifs is 10. The average Bonchev–Trinajstić information content (AvgIpc) is 3.77. The molecule has 0 atom stereocenters. The largest absolute Gasteiger partial charge is 0.311 e. The molecule has 370 valence electrons. The maximum atomic E-state index is 2.61. The summed E-state index contributed by atoms with van der Waals surface area (Å²) in [4.78, 5) is 5.20. The van der Waals surface area contributed by atoms with E-state index in [1.54, 1.807) is 0 Å². The first-order valence-corrected chi connectivity index (χ1v) is 27.4. The lowest BCUT2D eigenvalue weighted by molar-refractivity contribution is 0.589. The summed E-state index contributed by atoms with van der Waals surface area (Å²) in [7, 11) is 0. The van der Waals surface area contributed by atoms with Crippen LogP contribution in [0.2, 0.25) is 0 Å². The molecule has 0 amide bonds. The smallest absolute Gasteiger partial charge is 0.252 e. The van der Waals surface area contributed by atoms with E-state index in [4.69, 9.17) is 0 Å². The standard InChI is InChI=1S/C72H69BN2/c1-68(2,3)46-31-36-50(37-32-46)75-62-39-33-47(69(4,5)6)41-60(62)73-59-40-45(52-23-19-25-56-54-21-15-17-27-58(54)72(12,13)66(52)56)30-38-61(59)74(63-42-48(70(7,8)9)43-64(75)67(63)73)49-34-28-44(29-35-49)51-22-18-24-55-53-20-14-16-26-57(53)71(10,11)65(51)55/h14-43H,1-13H3. The summed E-state index contributed by atoms with van der Waals surface area (Å²) < 4.78 is 0. The molecule has 0 aromatic heterocycles. The van der Waals surface area contributed by atoms with E-state index < -0.39 is 0 Å². The van der Waals surface area contributed by atoms with Gasteiger partial charge >= 0.3 is 0 Å². The summed E-state index contributed by atoms with van der Waals surface area (Å²) in [5, 5.41) is 0. The zero-order chi connectivity index (χ0) is 52.3. The predicted octanol–water partition coefficient (Wildman–Crippen LogP) is 17.6. The summed E-state index contributed by atoms with van der Waals surface area (Å²) >= 11 is 0. The molecule has 0 N–H and O–H groups in total. The van der Waals surface area contributed by atoms with Crippen molar-refractivity contribution in [2.75, 3.05) is 9.80 Å². The Kier molecular flexibility index (Phi) is 10.2. The number of nitrogens with zero attached hydrogens (tertiary/aromatic N) is 2. The Bertz CT molecular complexity index is 3830. The zero-order valence-electron chi connectivity index (χ0n) is 46.3. The van der Waals surface area contributed by atoms with E-state index in [1.807, 2.05) is 0 Å². The van der Waals surface area contributed by atoms with Crippen molar-refractivity contribution in [2.24, 2.45) is 0 Å². The summed E-state index contributed by atoms with van der Waals surface area (Å²) in [5.41, 5.74) is 31.0. The van der Waals surface area contributed by atoms with Crippen LogP contribution in [0.25, 0.3) is 44.5 Å². The van der Waals surface area contributed by atoms with Crippen molar-refractivity contribution in [2.45, 2.75) is 117 Å². The van der Waals surface area contributed by atoms with E-state index in [-0.39, 0.29) is 33.8 Å². The van der Waals surface area contributed by atoms with Gasteiger partial charge in [0.1, 0.15) is 0 Å². The van der Waals surface area contributed by atoms with Gasteiger partial charge in [0, 0.05) is 45.0 Å². The van der Waals surface area contributed by atoms with E-state index in [0.29, 0.717) is 0 Å². The number of benzene rings is 9. The van der Waals surface area contributed by atoms with Crippen LogP contribution in [0.4, 0.5) is 34.1 Å². The van der Waals surface area contributed by atoms with Gasteiger partial charge in [-0.1, -0.05) is 223 Å². The van der Waals surface area contributed by atoms with Gasteiger partial charge in [0.2, 0.25) is 0 Å². The Morgan fingerprint density at radius 1 is 0.333 bits per heavy atom. The average molecular weight is 973 g/mol. The van der Waals surface area contributed by atoms with Gasteiger partial charge in [-0.15, -0.1) is 0 Å². The van der Waals surface area contributed by atoms with E-state index in [9.17, 15) is 0 Å². The molecule has 0 spiro atoms. The molecule has 2 heterocycles. The minimum absolute atomic E-state index is 0.0328. The number of hydrogen-bond donors (Lipinski definition) is 0. The molecule has 4 aliphatic rings. The van der Waals surface area contributed by atoms with E-state index in [0.717, 1.165) is 5.69 Å².